The number of sulfonamides is 1. The zero-order valence-electron chi connectivity index (χ0n) is 21.7. The number of methoxy groups -OCH3 is 1. The summed E-state index contributed by atoms with van der Waals surface area (Å²) in [5.41, 5.74) is 5.05. The van der Waals surface area contributed by atoms with Crippen LogP contribution in [0.2, 0.25) is 0 Å². The van der Waals surface area contributed by atoms with Gasteiger partial charge in [-0.15, -0.1) is 0 Å². The molecular formula is C26H28F3N7O3S. The zero-order chi connectivity index (χ0) is 28.3. The Hall–Kier alpha value is -3.62. The van der Waals surface area contributed by atoms with Crippen LogP contribution in [0.15, 0.2) is 49.1 Å². The average Bonchev–Trinajstić information content (AvgIpc) is 3.33. The highest BCUT2D eigenvalue weighted by Gasteiger charge is 2.33. The monoisotopic (exact) mass is 575 g/mol. The van der Waals surface area contributed by atoms with E-state index in [9.17, 15) is 21.6 Å². The van der Waals surface area contributed by atoms with Gasteiger partial charge >= 0.3 is 6.18 Å². The van der Waals surface area contributed by atoms with Gasteiger partial charge in [-0.05, 0) is 29.8 Å². The number of benzene rings is 1. The van der Waals surface area contributed by atoms with E-state index in [1.54, 1.807) is 19.5 Å². The maximum atomic E-state index is 12.5. The number of pyridine rings is 1. The molecule has 1 fully saturated rings. The highest BCUT2D eigenvalue weighted by molar-refractivity contribution is 7.89. The zero-order valence-corrected chi connectivity index (χ0v) is 22.5. The molecule has 0 saturated carbocycles. The average molecular weight is 576 g/mol. The van der Waals surface area contributed by atoms with Crippen molar-refractivity contribution >= 4 is 21.1 Å². The summed E-state index contributed by atoms with van der Waals surface area (Å²) < 4.78 is 68.5. The Morgan fingerprint density at radius 1 is 1.07 bits per heavy atom. The van der Waals surface area contributed by atoms with Crippen LogP contribution < -0.4 is 4.74 Å². The van der Waals surface area contributed by atoms with Crippen LogP contribution in [-0.4, -0.2) is 87.8 Å². The molecule has 1 aromatic carbocycles. The van der Waals surface area contributed by atoms with Gasteiger partial charge in [0.05, 0.1) is 36.5 Å². The minimum Gasteiger partial charge on any atom is -0.493 e. The van der Waals surface area contributed by atoms with Gasteiger partial charge in [0.2, 0.25) is 10.0 Å². The third-order valence-corrected chi connectivity index (χ3v) is 8.58. The van der Waals surface area contributed by atoms with Crippen molar-refractivity contribution in [2.75, 3.05) is 39.0 Å². The summed E-state index contributed by atoms with van der Waals surface area (Å²) in [6.07, 6.45) is -0.530. The Balaban J connectivity index is 1.21. The molecule has 3 aromatic heterocycles. The number of alkyl halides is 3. The molecule has 1 aliphatic heterocycles. The van der Waals surface area contributed by atoms with Crippen LogP contribution in [0.3, 0.4) is 0 Å². The molecule has 1 aliphatic rings. The summed E-state index contributed by atoms with van der Waals surface area (Å²) in [4.78, 5) is 22.9. The molecule has 40 heavy (non-hydrogen) atoms. The van der Waals surface area contributed by atoms with E-state index in [2.05, 4.69) is 29.8 Å². The van der Waals surface area contributed by atoms with Crippen LogP contribution in [0.1, 0.15) is 23.5 Å². The number of nitrogens with one attached hydrogen (secondary N) is 1. The van der Waals surface area contributed by atoms with Crippen LogP contribution in [-0.2, 0) is 23.0 Å². The number of hydrogen-bond acceptors (Lipinski definition) is 8. The number of imidazole rings is 1. The second-order valence-corrected chi connectivity index (χ2v) is 11.6. The van der Waals surface area contributed by atoms with E-state index in [-0.39, 0.29) is 13.1 Å². The van der Waals surface area contributed by atoms with Gasteiger partial charge in [-0.2, -0.15) is 17.5 Å². The van der Waals surface area contributed by atoms with Crippen LogP contribution in [0, 0.1) is 0 Å². The lowest BCUT2D eigenvalue weighted by Crippen LogP contribution is -2.49. The summed E-state index contributed by atoms with van der Waals surface area (Å²) in [6, 6.07) is 9.69. The topological polar surface area (TPSA) is 117 Å². The van der Waals surface area contributed by atoms with Crippen molar-refractivity contribution in [2.24, 2.45) is 0 Å². The smallest absolute Gasteiger partial charge is 0.390 e. The molecule has 0 atom stereocenters. The Bertz CT molecular complexity index is 1590. The van der Waals surface area contributed by atoms with Gasteiger partial charge in [-0.3, -0.25) is 9.88 Å². The molecule has 1 N–H and O–H groups in total. The molecule has 0 radical (unpaired) electrons. The largest absolute Gasteiger partial charge is 0.493 e. The summed E-state index contributed by atoms with van der Waals surface area (Å²) in [6.45, 7) is 1.79. The predicted molar refractivity (Wildman–Crippen MR) is 142 cm³/mol. The van der Waals surface area contributed by atoms with E-state index >= 15 is 0 Å². The van der Waals surface area contributed by atoms with Gasteiger partial charge in [-0.25, -0.2) is 23.4 Å². The number of aromatic nitrogens is 5. The lowest BCUT2D eigenvalue weighted by Gasteiger charge is -2.34. The van der Waals surface area contributed by atoms with Crippen molar-refractivity contribution in [1.29, 1.82) is 0 Å². The quantitative estimate of drug-likeness (QED) is 0.323. The molecular weight excluding hydrogens is 547 g/mol. The van der Waals surface area contributed by atoms with Crippen LogP contribution in [0.25, 0.3) is 22.3 Å². The van der Waals surface area contributed by atoms with E-state index in [0.717, 1.165) is 38.0 Å². The fourth-order valence-corrected chi connectivity index (χ4v) is 6.14. The fraction of sp³-hybridized carbons (Fsp3) is 0.385. The van der Waals surface area contributed by atoms with Crippen molar-refractivity contribution < 1.29 is 26.3 Å². The predicted octanol–water partition coefficient (Wildman–Crippen LogP) is 3.41. The normalized spacial score (nSPS) is 15.5. The van der Waals surface area contributed by atoms with Crippen molar-refractivity contribution in [1.82, 2.24) is 34.1 Å². The molecule has 10 nitrogen and oxygen atoms in total. The number of aromatic amines is 1. The number of H-pyrrole nitrogens is 1. The first-order valence-electron chi connectivity index (χ1n) is 12.6. The molecule has 212 valence electrons. The summed E-state index contributed by atoms with van der Waals surface area (Å²) in [7, 11) is -2.36. The Kier molecular flexibility index (Phi) is 8.01. The lowest BCUT2D eigenvalue weighted by molar-refractivity contribution is -0.130. The second kappa shape index (κ2) is 11.5. The van der Waals surface area contributed by atoms with Crippen LogP contribution in [0.4, 0.5) is 13.2 Å². The van der Waals surface area contributed by atoms with E-state index in [0.29, 0.717) is 37.5 Å². The lowest BCUT2D eigenvalue weighted by atomic mass is 10.1. The Morgan fingerprint density at radius 2 is 1.88 bits per heavy atom. The van der Waals surface area contributed by atoms with Gasteiger partial charge < -0.3 is 9.72 Å². The van der Waals surface area contributed by atoms with Crippen molar-refractivity contribution in [2.45, 2.75) is 25.6 Å². The molecule has 4 heterocycles. The Morgan fingerprint density at radius 3 is 2.62 bits per heavy atom. The van der Waals surface area contributed by atoms with Crippen molar-refractivity contribution in [3.05, 3.63) is 66.1 Å². The standard InChI is InChI=1S/C26H28F3N7O3S/c1-39-23-15-30-17-32-25(23)19-2-3-21-22(13-19)34-24(33-21)14-20-12-18(4-6-31-20)16-35-7-9-36(10-8-35)40(37,38)11-5-26(27,28)29/h2-4,6,12-13,15,17H,5,7-11,14,16H2,1H3,(H,33,34). The molecule has 4 aromatic rings. The number of hydrogen-bond donors (Lipinski definition) is 1. The molecule has 0 bridgehead atoms. The first kappa shape index (κ1) is 27.9. The van der Waals surface area contributed by atoms with Crippen LogP contribution >= 0.6 is 0 Å². The number of halogens is 3. The van der Waals surface area contributed by atoms with Gasteiger partial charge in [0, 0.05) is 56.6 Å². The van der Waals surface area contributed by atoms with Gasteiger partial charge in [0.15, 0.2) is 5.75 Å². The summed E-state index contributed by atoms with van der Waals surface area (Å²) >= 11 is 0. The van der Waals surface area contributed by atoms with E-state index in [4.69, 9.17) is 4.74 Å². The minimum atomic E-state index is -4.50. The third-order valence-electron chi connectivity index (χ3n) is 6.71. The van der Waals surface area contributed by atoms with Gasteiger partial charge in [0.1, 0.15) is 17.8 Å². The second-order valence-electron chi connectivity index (χ2n) is 9.54. The van der Waals surface area contributed by atoms with Gasteiger partial charge in [-0.1, -0.05) is 6.07 Å². The first-order chi connectivity index (χ1) is 19.1. The molecule has 5 rings (SSSR count). The van der Waals surface area contributed by atoms with E-state index < -0.39 is 28.4 Å². The number of rotatable bonds is 9. The van der Waals surface area contributed by atoms with Crippen molar-refractivity contribution in [3.8, 4) is 17.0 Å². The van der Waals surface area contributed by atoms with Gasteiger partial charge in [0.25, 0.3) is 0 Å². The molecule has 0 spiro atoms. The number of piperazine rings is 1. The van der Waals surface area contributed by atoms with Crippen LogP contribution in [0.5, 0.6) is 5.75 Å². The fourth-order valence-electron chi connectivity index (χ4n) is 4.67. The van der Waals surface area contributed by atoms with E-state index in [1.807, 2.05) is 30.3 Å². The maximum Gasteiger partial charge on any atom is 0.390 e. The summed E-state index contributed by atoms with van der Waals surface area (Å²) in [5.74, 6) is 0.415. The molecule has 0 unspecified atom stereocenters. The molecule has 1 saturated heterocycles. The van der Waals surface area contributed by atoms with E-state index in [1.165, 1.54) is 6.33 Å². The number of ether oxygens (including phenoxy) is 1. The first-order valence-corrected chi connectivity index (χ1v) is 14.2. The van der Waals surface area contributed by atoms with Crippen molar-refractivity contribution in [3.63, 3.8) is 0 Å². The molecule has 14 heteroatoms. The third kappa shape index (κ3) is 6.74. The highest BCUT2D eigenvalue weighted by atomic mass is 32.2. The Labute approximate surface area is 229 Å². The molecule has 0 aliphatic carbocycles. The number of nitrogens with zero attached hydrogens (tertiary/aromatic N) is 6. The number of fused-ring (bicyclic) bond motifs is 1. The molecule has 0 amide bonds. The maximum absolute atomic E-state index is 12.5. The SMILES string of the molecule is COc1cncnc1-c1ccc2nc(Cc3cc(CN4CCN(S(=O)(=O)CCC(F)(F)F)CC4)ccn3)[nH]c2c1. The summed E-state index contributed by atoms with van der Waals surface area (Å²) in [5, 5.41) is 0. The highest BCUT2D eigenvalue weighted by Crippen LogP contribution is 2.29. The minimum absolute atomic E-state index is 0.167.